The number of carbonyl (C=O) groups is 4. The first-order chi connectivity index (χ1) is 25.8. The number of rotatable bonds is 7. The van der Waals surface area contributed by atoms with Crippen LogP contribution in [0.4, 0.5) is 15.3 Å². The second kappa shape index (κ2) is 18.8. The van der Waals surface area contributed by atoms with Gasteiger partial charge in [0.15, 0.2) is 0 Å². The van der Waals surface area contributed by atoms with Crippen LogP contribution in [0.2, 0.25) is 0 Å². The molecule has 3 saturated heterocycles. The predicted molar refractivity (Wildman–Crippen MR) is 205 cm³/mol. The molecule has 14 nitrogen and oxygen atoms in total. The number of nitrogens with zero attached hydrogens (tertiary/aromatic N) is 6. The first-order valence-corrected chi connectivity index (χ1v) is 19.3. The van der Waals surface area contributed by atoms with Crippen molar-refractivity contribution in [2.75, 3.05) is 84.9 Å². The SMILES string of the molecule is COC(=O)N1CCC(N2CCc3ccccc3NC2=O)CC1.Cc1cc(C[C@@H](C)C(=O)N2CCC(N3CCN(CC(=O)N(C)O)CC3)CC2)cc(C)c1O. The van der Waals surface area contributed by atoms with Gasteiger partial charge in [0.2, 0.25) is 5.91 Å². The van der Waals surface area contributed by atoms with Crippen molar-refractivity contribution in [1.82, 2.24) is 29.6 Å². The molecule has 0 bridgehead atoms. The standard InChI is InChI=1S/C24H38N4O4.C16H21N3O3/c1-17-13-20(14-18(2)23(17)30)15-19(3)24(31)28-7-5-21(6-8-28)27-11-9-26(10-12-27)16-22(29)25(4)32;1-22-16(21)18-9-7-13(8-10-18)19-11-6-12-4-2-3-5-14(12)17-15(19)20/h13-14,19,21,30,32H,5-12,15-16H2,1-4H3;2-5,13H,6-11H2,1H3,(H,17,20)/t19-;/m1./s1. The number of para-hydroxylation sites is 1. The Balaban J connectivity index is 0.000000222. The Labute approximate surface area is 319 Å². The number of carbonyl (C=O) groups excluding carboxylic acids is 4. The van der Waals surface area contributed by atoms with E-state index < -0.39 is 0 Å². The van der Waals surface area contributed by atoms with E-state index in [0.717, 1.165) is 93.8 Å². The smallest absolute Gasteiger partial charge is 0.409 e. The van der Waals surface area contributed by atoms with Crippen molar-refractivity contribution in [1.29, 1.82) is 0 Å². The number of hydrogen-bond donors (Lipinski definition) is 3. The number of hydroxylamine groups is 2. The molecule has 2 aromatic carbocycles. The number of piperazine rings is 1. The number of fused-ring (bicyclic) bond motifs is 1. The first-order valence-electron chi connectivity index (χ1n) is 19.3. The molecule has 3 fully saturated rings. The minimum Gasteiger partial charge on any atom is -0.507 e. The Hall–Kier alpha value is -4.40. The molecular weight excluding hydrogens is 690 g/mol. The highest BCUT2D eigenvalue weighted by atomic mass is 16.5. The number of methoxy groups -OCH3 is 1. The molecule has 5 amide bonds. The van der Waals surface area contributed by atoms with E-state index in [9.17, 15) is 29.5 Å². The third kappa shape index (κ3) is 10.4. The first kappa shape index (κ1) is 40.8. The third-order valence-corrected chi connectivity index (χ3v) is 11.4. The molecule has 54 heavy (non-hydrogen) atoms. The lowest BCUT2D eigenvalue weighted by molar-refractivity contribution is -0.161. The van der Waals surface area contributed by atoms with Gasteiger partial charge in [-0.15, -0.1) is 0 Å². The molecule has 4 aliphatic heterocycles. The number of hydrogen-bond acceptors (Lipinski definition) is 9. The number of likely N-dealkylation sites (N-methyl/N-ethyl adjacent to an activating group) is 1. The summed E-state index contributed by atoms with van der Waals surface area (Å²) in [5.74, 6) is 0.184. The molecule has 0 aliphatic carbocycles. The Morgan fingerprint density at radius 2 is 1.48 bits per heavy atom. The van der Waals surface area contributed by atoms with E-state index in [-0.39, 0.29) is 42.4 Å². The van der Waals surface area contributed by atoms with E-state index in [1.807, 2.05) is 60.9 Å². The molecule has 3 N–H and O–H groups in total. The van der Waals surface area contributed by atoms with Crippen molar-refractivity contribution in [3.05, 3.63) is 58.7 Å². The second-order valence-corrected chi connectivity index (χ2v) is 15.2. The maximum Gasteiger partial charge on any atom is 0.409 e. The molecule has 296 valence electrons. The number of aromatic hydroxyl groups is 1. The summed E-state index contributed by atoms with van der Waals surface area (Å²) in [4.78, 5) is 58.9. The topological polar surface area (TPSA) is 149 Å². The van der Waals surface area contributed by atoms with Crippen molar-refractivity contribution in [2.45, 2.75) is 71.4 Å². The van der Waals surface area contributed by atoms with Gasteiger partial charge in [-0.25, -0.2) is 14.7 Å². The van der Waals surface area contributed by atoms with E-state index in [2.05, 4.69) is 21.2 Å². The molecule has 0 unspecified atom stereocenters. The van der Waals surface area contributed by atoms with Gasteiger partial charge >= 0.3 is 12.1 Å². The van der Waals surface area contributed by atoms with Crippen LogP contribution in [-0.2, 0) is 27.2 Å². The summed E-state index contributed by atoms with van der Waals surface area (Å²) in [6.45, 7) is 13.1. The minimum atomic E-state index is -0.286. The molecule has 0 saturated carbocycles. The summed E-state index contributed by atoms with van der Waals surface area (Å²) in [5, 5.41) is 22.9. The molecule has 6 rings (SSSR count). The summed E-state index contributed by atoms with van der Waals surface area (Å²) in [6.07, 6.45) is 4.79. The van der Waals surface area contributed by atoms with Gasteiger partial charge in [-0.1, -0.05) is 37.3 Å². The van der Waals surface area contributed by atoms with Crippen molar-refractivity contribution in [2.24, 2.45) is 5.92 Å². The number of amides is 5. The van der Waals surface area contributed by atoms with Crippen molar-refractivity contribution >= 4 is 29.6 Å². The highest BCUT2D eigenvalue weighted by Gasteiger charge is 2.33. The van der Waals surface area contributed by atoms with Crippen molar-refractivity contribution < 1.29 is 34.2 Å². The van der Waals surface area contributed by atoms with E-state index in [1.165, 1.54) is 19.7 Å². The molecule has 14 heteroatoms. The monoisotopic (exact) mass is 749 g/mol. The van der Waals surface area contributed by atoms with Crippen LogP contribution in [0, 0.1) is 19.8 Å². The average Bonchev–Trinajstić information content (AvgIpc) is 3.35. The van der Waals surface area contributed by atoms with Gasteiger partial charge < -0.3 is 29.9 Å². The fourth-order valence-electron chi connectivity index (χ4n) is 8.17. The van der Waals surface area contributed by atoms with Crippen LogP contribution in [0.5, 0.6) is 5.75 Å². The van der Waals surface area contributed by atoms with Crippen LogP contribution in [0.15, 0.2) is 36.4 Å². The van der Waals surface area contributed by atoms with Gasteiger partial charge in [-0.05, 0) is 80.7 Å². The van der Waals surface area contributed by atoms with Gasteiger partial charge in [-0.3, -0.25) is 24.6 Å². The van der Waals surface area contributed by atoms with E-state index in [1.54, 1.807) is 4.90 Å². The second-order valence-electron chi connectivity index (χ2n) is 15.2. The highest BCUT2D eigenvalue weighted by molar-refractivity contribution is 5.91. The molecular formula is C40H59N7O7. The van der Waals surface area contributed by atoms with Gasteiger partial charge in [0.1, 0.15) is 5.75 Å². The lowest BCUT2D eigenvalue weighted by Gasteiger charge is -2.43. The minimum absolute atomic E-state index is 0.0403. The molecule has 2 aromatic rings. The number of ether oxygens (including phenoxy) is 1. The Kier molecular flexibility index (Phi) is 14.2. The summed E-state index contributed by atoms with van der Waals surface area (Å²) in [5.41, 5.74) is 4.88. The summed E-state index contributed by atoms with van der Waals surface area (Å²) >= 11 is 0. The lowest BCUT2D eigenvalue weighted by Crippen LogP contribution is -2.55. The zero-order valence-corrected chi connectivity index (χ0v) is 32.6. The zero-order chi connectivity index (χ0) is 38.9. The summed E-state index contributed by atoms with van der Waals surface area (Å²) < 4.78 is 4.75. The van der Waals surface area contributed by atoms with Crippen LogP contribution >= 0.6 is 0 Å². The van der Waals surface area contributed by atoms with Crippen LogP contribution in [0.1, 0.15) is 54.9 Å². The molecule has 4 aliphatic rings. The molecule has 0 radical (unpaired) electrons. The maximum absolute atomic E-state index is 13.0. The number of benzene rings is 2. The molecule has 0 spiro atoms. The number of nitrogens with one attached hydrogen (secondary N) is 1. The van der Waals surface area contributed by atoms with Gasteiger partial charge in [0.25, 0.3) is 5.91 Å². The van der Waals surface area contributed by atoms with Gasteiger partial charge in [0, 0.05) is 89.6 Å². The number of urea groups is 1. The van der Waals surface area contributed by atoms with Crippen LogP contribution < -0.4 is 5.32 Å². The van der Waals surface area contributed by atoms with Crippen LogP contribution in [0.25, 0.3) is 0 Å². The van der Waals surface area contributed by atoms with E-state index in [0.29, 0.717) is 42.9 Å². The van der Waals surface area contributed by atoms with Crippen molar-refractivity contribution in [3.63, 3.8) is 0 Å². The van der Waals surface area contributed by atoms with Crippen molar-refractivity contribution in [3.8, 4) is 5.75 Å². The maximum atomic E-state index is 13.0. The number of likely N-dealkylation sites (tertiary alicyclic amines) is 2. The highest BCUT2D eigenvalue weighted by Crippen LogP contribution is 2.27. The van der Waals surface area contributed by atoms with Gasteiger partial charge in [0.05, 0.1) is 13.7 Å². The normalized spacial score (nSPS) is 19.5. The number of anilines is 1. The quantitative estimate of drug-likeness (QED) is 0.283. The van der Waals surface area contributed by atoms with E-state index in [4.69, 9.17) is 4.74 Å². The molecule has 1 atom stereocenters. The number of phenols is 1. The summed E-state index contributed by atoms with van der Waals surface area (Å²) in [7, 11) is 2.76. The Morgan fingerprint density at radius 3 is 2.09 bits per heavy atom. The Bertz CT molecular complexity index is 1590. The largest absolute Gasteiger partial charge is 0.507 e. The zero-order valence-electron chi connectivity index (χ0n) is 32.6. The summed E-state index contributed by atoms with van der Waals surface area (Å²) in [6, 6.07) is 12.5. The van der Waals surface area contributed by atoms with Crippen LogP contribution in [0.3, 0.4) is 0 Å². The van der Waals surface area contributed by atoms with Crippen LogP contribution in [-0.4, -0.2) is 156 Å². The fraction of sp³-hybridized carbons (Fsp3) is 0.600. The number of phenolic OH excluding ortho intramolecular Hbond substituents is 1. The van der Waals surface area contributed by atoms with E-state index >= 15 is 0 Å². The predicted octanol–water partition coefficient (Wildman–Crippen LogP) is 3.95. The van der Waals surface area contributed by atoms with Gasteiger partial charge in [-0.2, -0.15) is 0 Å². The Morgan fingerprint density at radius 1 is 0.889 bits per heavy atom. The number of aryl methyl sites for hydroxylation is 2. The fourth-order valence-corrected chi connectivity index (χ4v) is 8.17. The average molecular weight is 750 g/mol. The number of piperidine rings is 2. The molecule has 4 heterocycles. The molecule has 0 aromatic heterocycles. The third-order valence-electron chi connectivity index (χ3n) is 11.4. The lowest BCUT2D eigenvalue weighted by atomic mass is 9.95.